The fourth-order valence-electron chi connectivity index (χ4n) is 3.08. The molecule has 0 bridgehead atoms. The van der Waals surface area contributed by atoms with Crippen LogP contribution in [0.25, 0.3) is 0 Å². The number of nitrogens with two attached hydrogens (primary N) is 1. The number of hydrogen-bond donors (Lipinski definition) is 1. The van der Waals surface area contributed by atoms with Crippen molar-refractivity contribution in [3.05, 3.63) is 45.0 Å². The van der Waals surface area contributed by atoms with Crippen LogP contribution in [-0.4, -0.2) is 26.8 Å². The van der Waals surface area contributed by atoms with Gasteiger partial charge in [0, 0.05) is 18.1 Å². The number of nitrogens with zero attached hydrogens (tertiary/aromatic N) is 1. The van der Waals surface area contributed by atoms with Crippen molar-refractivity contribution in [2.75, 3.05) is 20.8 Å². The van der Waals surface area contributed by atoms with Gasteiger partial charge in [-0.15, -0.1) is 0 Å². The Balaban J connectivity index is 2.80. The summed E-state index contributed by atoms with van der Waals surface area (Å²) in [6.45, 7) is 3.87. The Bertz CT molecular complexity index is 870. The van der Waals surface area contributed by atoms with Gasteiger partial charge in [0.1, 0.15) is 28.9 Å². The first-order valence-electron chi connectivity index (χ1n) is 8.82. The number of esters is 1. The molecule has 7 nitrogen and oxygen atoms in total. The molecule has 0 aromatic heterocycles. The van der Waals surface area contributed by atoms with Gasteiger partial charge < -0.3 is 24.7 Å². The second-order valence-electron chi connectivity index (χ2n) is 5.96. The highest BCUT2D eigenvalue weighted by Gasteiger charge is 2.39. The Labute approximate surface area is 172 Å². The van der Waals surface area contributed by atoms with E-state index in [0.29, 0.717) is 33.7 Å². The molecule has 0 fully saturated rings. The van der Waals surface area contributed by atoms with E-state index >= 15 is 0 Å². The van der Waals surface area contributed by atoms with Gasteiger partial charge in [-0.1, -0.05) is 6.92 Å². The number of nitriles is 1. The number of benzene rings is 1. The van der Waals surface area contributed by atoms with Crippen molar-refractivity contribution in [2.24, 2.45) is 5.73 Å². The molecule has 0 saturated heterocycles. The van der Waals surface area contributed by atoms with E-state index in [2.05, 4.69) is 22.0 Å². The number of carbonyl (C=O) groups is 1. The monoisotopic (exact) mass is 450 g/mol. The fraction of sp³-hybridized carbons (Fsp3) is 0.400. The fourth-order valence-corrected chi connectivity index (χ4v) is 3.61. The topological polar surface area (TPSA) is 104 Å². The maximum Gasteiger partial charge on any atom is 0.338 e. The van der Waals surface area contributed by atoms with E-state index in [1.165, 1.54) is 14.2 Å². The zero-order chi connectivity index (χ0) is 20.8. The summed E-state index contributed by atoms with van der Waals surface area (Å²) in [4.78, 5) is 12.8. The predicted molar refractivity (Wildman–Crippen MR) is 106 cm³/mol. The number of rotatable bonds is 7. The van der Waals surface area contributed by atoms with Crippen LogP contribution in [0.5, 0.6) is 11.5 Å². The summed E-state index contributed by atoms with van der Waals surface area (Å²) >= 11 is 3.45. The zero-order valence-corrected chi connectivity index (χ0v) is 17.9. The Morgan fingerprint density at radius 3 is 2.50 bits per heavy atom. The Hall–Kier alpha value is -2.66. The second-order valence-corrected chi connectivity index (χ2v) is 6.82. The zero-order valence-electron chi connectivity index (χ0n) is 16.3. The molecule has 0 aliphatic carbocycles. The van der Waals surface area contributed by atoms with Gasteiger partial charge in [0.15, 0.2) is 0 Å². The van der Waals surface area contributed by atoms with E-state index in [0.717, 1.165) is 6.42 Å². The molecule has 2 rings (SSSR count). The van der Waals surface area contributed by atoms with Crippen molar-refractivity contribution in [3.63, 3.8) is 0 Å². The van der Waals surface area contributed by atoms with Gasteiger partial charge in [0.05, 0.1) is 36.8 Å². The Kier molecular flexibility index (Phi) is 7.35. The van der Waals surface area contributed by atoms with Gasteiger partial charge in [-0.25, -0.2) is 4.79 Å². The lowest BCUT2D eigenvalue weighted by Gasteiger charge is -2.29. The molecule has 0 radical (unpaired) electrons. The first-order valence-corrected chi connectivity index (χ1v) is 9.61. The lowest BCUT2D eigenvalue weighted by Crippen LogP contribution is -2.26. The van der Waals surface area contributed by atoms with Gasteiger partial charge >= 0.3 is 5.97 Å². The summed E-state index contributed by atoms with van der Waals surface area (Å²) < 4.78 is 22.4. The van der Waals surface area contributed by atoms with Gasteiger partial charge in [0.2, 0.25) is 5.88 Å². The van der Waals surface area contributed by atoms with Crippen LogP contribution in [-0.2, 0) is 14.3 Å². The number of methoxy groups -OCH3 is 2. The number of halogens is 1. The molecule has 1 unspecified atom stereocenters. The number of allylic oxidation sites excluding steroid dienone is 2. The predicted octanol–water partition coefficient (Wildman–Crippen LogP) is 3.89. The molecular formula is C20H23BrN2O5. The van der Waals surface area contributed by atoms with Crippen LogP contribution >= 0.6 is 15.9 Å². The standard InChI is InChI=1S/C20H23BrN2O5/c1-5-7-14-18(20(24)27-6-2)17(12(10-22)19(23)28-14)11-8-13(21)16(26-4)9-15(11)25-3/h8-9,17H,5-7,23H2,1-4H3. The maximum atomic E-state index is 12.8. The first kappa shape index (κ1) is 21.6. The van der Waals surface area contributed by atoms with Gasteiger partial charge in [-0.05, 0) is 35.3 Å². The average Bonchev–Trinajstić information content (AvgIpc) is 2.67. The average molecular weight is 451 g/mol. The molecule has 1 aliphatic heterocycles. The quantitative estimate of drug-likeness (QED) is 0.628. The number of ether oxygens (including phenoxy) is 4. The largest absolute Gasteiger partial charge is 0.496 e. The SMILES string of the molecule is CCCC1=C(C(=O)OCC)C(c2cc(Br)c(OC)cc2OC)C(C#N)=C(N)O1. The highest BCUT2D eigenvalue weighted by atomic mass is 79.9. The Morgan fingerprint density at radius 1 is 1.29 bits per heavy atom. The van der Waals surface area contributed by atoms with Crippen molar-refractivity contribution in [1.82, 2.24) is 0 Å². The van der Waals surface area contributed by atoms with E-state index in [1.807, 2.05) is 6.92 Å². The van der Waals surface area contributed by atoms with Crippen LogP contribution in [0.2, 0.25) is 0 Å². The summed E-state index contributed by atoms with van der Waals surface area (Å²) in [5.41, 5.74) is 6.99. The van der Waals surface area contributed by atoms with Crippen LogP contribution in [0.4, 0.5) is 0 Å². The lowest BCUT2D eigenvalue weighted by molar-refractivity contribution is -0.139. The summed E-state index contributed by atoms with van der Waals surface area (Å²) in [6.07, 6.45) is 1.20. The summed E-state index contributed by atoms with van der Waals surface area (Å²) in [7, 11) is 3.04. The highest BCUT2D eigenvalue weighted by Crippen LogP contribution is 2.46. The van der Waals surface area contributed by atoms with Crippen LogP contribution in [0.3, 0.4) is 0 Å². The minimum Gasteiger partial charge on any atom is -0.496 e. The Morgan fingerprint density at radius 2 is 1.96 bits per heavy atom. The molecule has 1 aromatic carbocycles. The molecule has 2 N–H and O–H groups in total. The molecule has 0 saturated carbocycles. The van der Waals surface area contributed by atoms with Crippen LogP contribution in [0.1, 0.15) is 38.2 Å². The van der Waals surface area contributed by atoms with Gasteiger partial charge in [-0.3, -0.25) is 0 Å². The van der Waals surface area contributed by atoms with Crippen molar-refractivity contribution >= 4 is 21.9 Å². The van der Waals surface area contributed by atoms with Gasteiger partial charge in [-0.2, -0.15) is 5.26 Å². The minimum absolute atomic E-state index is 0.0296. The molecule has 150 valence electrons. The maximum absolute atomic E-state index is 12.8. The van der Waals surface area contributed by atoms with Gasteiger partial charge in [0.25, 0.3) is 0 Å². The van der Waals surface area contributed by atoms with Crippen LogP contribution in [0.15, 0.2) is 39.4 Å². The summed E-state index contributed by atoms with van der Waals surface area (Å²) in [5.74, 6) is 0.0415. The third-order valence-electron chi connectivity index (χ3n) is 4.28. The molecule has 0 amide bonds. The third-order valence-corrected chi connectivity index (χ3v) is 4.90. The third kappa shape index (κ3) is 4.09. The summed E-state index contributed by atoms with van der Waals surface area (Å²) in [6, 6.07) is 5.51. The van der Waals surface area contributed by atoms with Crippen molar-refractivity contribution in [3.8, 4) is 17.6 Å². The van der Waals surface area contributed by atoms with E-state index in [1.54, 1.807) is 19.1 Å². The molecule has 28 heavy (non-hydrogen) atoms. The van der Waals surface area contributed by atoms with Crippen molar-refractivity contribution in [2.45, 2.75) is 32.6 Å². The van der Waals surface area contributed by atoms with E-state index in [9.17, 15) is 10.1 Å². The minimum atomic E-state index is -0.781. The van der Waals surface area contributed by atoms with E-state index in [4.69, 9.17) is 24.7 Å². The molecule has 8 heteroatoms. The molecule has 1 aromatic rings. The first-order chi connectivity index (χ1) is 13.4. The smallest absolute Gasteiger partial charge is 0.338 e. The van der Waals surface area contributed by atoms with Crippen molar-refractivity contribution < 1.29 is 23.7 Å². The van der Waals surface area contributed by atoms with Crippen LogP contribution < -0.4 is 15.2 Å². The van der Waals surface area contributed by atoms with Crippen LogP contribution in [0, 0.1) is 11.3 Å². The number of hydrogen-bond acceptors (Lipinski definition) is 7. The normalized spacial score (nSPS) is 16.4. The van der Waals surface area contributed by atoms with Crippen molar-refractivity contribution in [1.29, 1.82) is 5.26 Å². The number of carbonyl (C=O) groups excluding carboxylic acids is 1. The van der Waals surface area contributed by atoms with E-state index in [-0.39, 0.29) is 23.6 Å². The second kappa shape index (κ2) is 9.51. The molecule has 1 atom stereocenters. The highest BCUT2D eigenvalue weighted by molar-refractivity contribution is 9.10. The molecule has 1 heterocycles. The molecule has 0 spiro atoms. The molecular weight excluding hydrogens is 428 g/mol. The summed E-state index contributed by atoms with van der Waals surface area (Å²) in [5, 5.41) is 9.75. The lowest BCUT2D eigenvalue weighted by atomic mass is 9.82. The van der Waals surface area contributed by atoms with E-state index < -0.39 is 11.9 Å². The molecule has 1 aliphatic rings.